The number of hydrogen-bond acceptors (Lipinski definition) is 4. The molecule has 0 amide bonds. The Hall–Kier alpha value is -1.97. The SMILES string of the molecule is CCOC(=O)C(C)C/C=C/c1ccc(OC)cc1OC. The zero-order valence-electron chi connectivity index (χ0n) is 12.5. The maximum absolute atomic E-state index is 11.5. The van der Waals surface area contributed by atoms with Crippen molar-refractivity contribution in [2.45, 2.75) is 20.3 Å². The van der Waals surface area contributed by atoms with Crippen LogP contribution in [0, 0.1) is 5.92 Å². The molecule has 0 aromatic heterocycles. The van der Waals surface area contributed by atoms with Crippen LogP contribution in [0.25, 0.3) is 6.08 Å². The third kappa shape index (κ3) is 4.61. The smallest absolute Gasteiger partial charge is 0.308 e. The van der Waals surface area contributed by atoms with E-state index in [9.17, 15) is 4.79 Å². The average molecular weight is 278 g/mol. The van der Waals surface area contributed by atoms with E-state index in [1.165, 1.54) is 0 Å². The Balaban J connectivity index is 2.68. The van der Waals surface area contributed by atoms with E-state index in [2.05, 4.69) is 0 Å². The predicted molar refractivity (Wildman–Crippen MR) is 79.0 cm³/mol. The summed E-state index contributed by atoms with van der Waals surface area (Å²) in [4.78, 5) is 11.5. The molecule has 20 heavy (non-hydrogen) atoms. The highest BCUT2D eigenvalue weighted by Crippen LogP contribution is 2.25. The lowest BCUT2D eigenvalue weighted by Crippen LogP contribution is -2.13. The summed E-state index contributed by atoms with van der Waals surface area (Å²) in [6.07, 6.45) is 4.52. The van der Waals surface area contributed by atoms with Crippen LogP contribution in [-0.2, 0) is 9.53 Å². The Kier molecular flexibility index (Phi) is 6.64. The number of hydrogen-bond donors (Lipinski definition) is 0. The molecule has 4 heteroatoms. The molecule has 1 aromatic rings. The lowest BCUT2D eigenvalue weighted by atomic mass is 10.1. The molecular weight excluding hydrogens is 256 g/mol. The van der Waals surface area contributed by atoms with Gasteiger partial charge in [0, 0.05) is 11.6 Å². The Labute approximate surface area is 120 Å². The number of benzene rings is 1. The Morgan fingerprint density at radius 2 is 2.05 bits per heavy atom. The zero-order chi connectivity index (χ0) is 15.0. The average Bonchev–Trinajstić information content (AvgIpc) is 2.47. The quantitative estimate of drug-likeness (QED) is 0.718. The van der Waals surface area contributed by atoms with Gasteiger partial charge in [-0.25, -0.2) is 0 Å². The van der Waals surface area contributed by atoms with Crippen molar-refractivity contribution in [2.75, 3.05) is 20.8 Å². The molecule has 1 rings (SSSR count). The molecule has 0 spiro atoms. The molecule has 1 unspecified atom stereocenters. The first-order chi connectivity index (χ1) is 9.62. The van der Waals surface area contributed by atoms with E-state index in [4.69, 9.17) is 14.2 Å². The fourth-order valence-electron chi connectivity index (χ4n) is 1.74. The normalized spacial score (nSPS) is 12.2. The van der Waals surface area contributed by atoms with Crippen LogP contribution < -0.4 is 9.47 Å². The van der Waals surface area contributed by atoms with Crippen molar-refractivity contribution in [1.29, 1.82) is 0 Å². The van der Waals surface area contributed by atoms with E-state index < -0.39 is 0 Å². The first-order valence-electron chi connectivity index (χ1n) is 6.67. The summed E-state index contributed by atoms with van der Waals surface area (Å²) in [5.74, 6) is 1.18. The van der Waals surface area contributed by atoms with Crippen LogP contribution in [0.15, 0.2) is 24.3 Å². The van der Waals surface area contributed by atoms with Crippen LogP contribution in [-0.4, -0.2) is 26.8 Å². The van der Waals surface area contributed by atoms with E-state index in [0.717, 1.165) is 17.1 Å². The van der Waals surface area contributed by atoms with Crippen molar-refractivity contribution < 1.29 is 19.0 Å². The number of carbonyl (C=O) groups is 1. The molecule has 0 saturated heterocycles. The highest BCUT2D eigenvalue weighted by molar-refractivity contribution is 5.72. The van der Waals surface area contributed by atoms with Gasteiger partial charge < -0.3 is 14.2 Å². The second-order valence-corrected chi connectivity index (χ2v) is 4.40. The van der Waals surface area contributed by atoms with Crippen molar-refractivity contribution in [3.05, 3.63) is 29.8 Å². The summed E-state index contributed by atoms with van der Waals surface area (Å²) < 4.78 is 15.4. The second kappa shape index (κ2) is 8.25. The number of ether oxygens (including phenoxy) is 3. The van der Waals surface area contributed by atoms with Crippen molar-refractivity contribution in [1.82, 2.24) is 0 Å². The van der Waals surface area contributed by atoms with Crippen LogP contribution in [0.2, 0.25) is 0 Å². The van der Waals surface area contributed by atoms with Crippen molar-refractivity contribution >= 4 is 12.0 Å². The molecule has 0 fully saturated rings. The van der Waals surface area contributed by atoms with E-state index in [0.29, 0.717) is 13.0 Å². The molecule has 0 saturated carbocycles. The van der Waals surface area contributed by atoms with Gasteiger partial charge in [-0.05, 0) is 25.5 Å². The molecule has 110 valence electrons. The minimum atomic E-state index is -0.168. The fraction of sp³-hybridized carbons (Fsp3) is 0.438. The van der Waals surface area contributed by atoms with Crippen LogP contribution >= 0.6 is 0 Å². The minimum Gasteiger partial charge on any atom is -0.497 e. The van der Waals surface area contributed by atoms with Crippen LogP contribution in [0.1, 0.15) is 25.8 Å². The second-order valence-electron chi connectivity index (χ2n) is 4.40. The molecule has 1 aromatic carbocycles. The molecule has 1 atom stereocenters. The van der Waals surface area contributed by atoms with Crippen molar-refractivity contribution in [3.63, 3.8) is 0 Å². The van der Waals surface area contributed by atoms with E-state index in [1.807, 2.05) is 44.2 Å². The Morgan fingerprint density at radius 1 is 1.30 bits per heavy atom. The Bertz CT molecular complexity index is 466. The summed E-state index contributed by atoms with van der Waals surface area (Å²) in [6, 6.07) is 5.62. The largest absolute Gasteiger partial charge is 0.497 e. The Morgan fingerprint density at radius 3 is 2.65 bits per heavy atom. The van der Waals surface area contributed by atoms with Gasteiger partial charge >= 0.3 is 5.97 Å². The van der Waals surface area contributed by atoms with Gasteiger partial charge in [-0.3, -0.25) is 4.79 Å². The summed E-state index contributed by atoms with van der Waals surface area (Å²) >= 11 is 0. The summed E-state index contributed by atoms with van der Waals surface area (Å²) in [6.45, 7) is 4.08. The number of methoxy groups -OCH3 is 2. The van der Waals surface area contributed by atoms with Gasteiger partial charge in [-0.2, -0.15) is 0 Å². The lowest BCUT2D eigenvalue weighted by molar-refractivity contribution is -0.147. The molecular formula is C16H22O4. The van der Waals surface area contributed by atoms with Gasteiger partial charge in [0.05, 0.1) is 26.7 Å². The molecule has 0 bridgehead atoms. The molecule has 0 N–H and O–H groups in total. The third-order valence-electron chi connectivity index (χ3n) is 2.92. The van der Waals surface area contributed by atoms with Gasteiger partial charge in [0.1, 0.15) is 11.5 Å². The van der Waals surface area contributed by atoms with Gasteiger partial charge in [0.25, 0.3) is 0 Å². The van der Waals surface area contributed by atoms with Gasteiger partial charge in [0.15, 0.2) is 0 Å². The fourth-order valence-corrected chi connectivity index (χ4v) is 1.74. The maximum atomic E-state index is 11.5. The number of allylic oxidation sites excluding steroid dienone is 1. The first-order valence-corrected chi connectivity index (χ1v) is 6.67. The van der Waals surface area contributed by atoms with Gasteiger partial charge in [-0.15, -0.1) is 0 Å². The van der Waals surface area contributed by atoms with E-state index in [-0.39, 0.29) is 11.9 Å². The predicted octanol–water partition coefficient (Wildman–Crippen LogP) is 3.31. The summed E-state index contributed by atoms with van der Waals surface area (Å²) in [5, 5.41) is 0. The van der Waals surface area contributed by atoms with E-state index >= 15 is 0 Å². The minimum absolute atomic E-state index is 0.143. The standard InChI is InChI=1S/C16H22O4/c1-5-20-16(17)12(2)7-6-8-13-9-10-14(18-3)11-15(13)19-4/h6,8-12H,5,7H2,1-4H3/b8-6+. The molecule has 0 heterocycles. The third-order valence-corrected chi connectivity index (χ3v) is 2.92. The molecule has 0 aliphatic carbocycles. The maximum Gasteiger partial charge on any atom is 0.308 e. The highest BCUT2D eigenvalue weighted by atomic mass is 16.5. The molecule has 0 radical (unpaired) electrons. The van der Waals surface area contributed by atoms with Crippen molar-refractivity contribution in [2.24, 2.45) is 5.92 Å². The highest BCUT2D eigenvalue weighted by Gasteiger charge is 2.11. The molecule has 0 aliphatic heterocycles. The van der Waals surface area contributed by atoms with E-state index in [1.54, 1.807) is 14.2 Å². The van der Waals surface area contributed by atoms with Crippen LogP contribution in [0.3, 0.4) is 0 Å². The number of rotatable bonds is 7. The van der Waals surface area contributed by atoms with Gasteiger partial charge in [-0.1, -0.05) is 19.1 Å². The van der Waals surface area contributed by atoms with Crippen molar-refractivity contribution in [3.8, 4) is 11.5 Å². The number of carbonyl (C=O) groups excluding carboxylic acids is 1. The van der Waals surface area contributed by atoms with Crippen LogP contribution in [0.4, 0.5) is 0 Å². The van der Waals surface area contributed by atoms with Crippen LogP contribution in [0.5, 0.6) is 11.5 Å². The summed E-state index contributed by atoms with van der Waals surface area (Å²) in [5.41, 5.74) is 0.948. The zero-order valence-corrected chi connectivity index (χ0v) is 12.5. The topological polar surface area (TPSA) is 44.8 Å². The lowest BCUT2D eigenvalue weighted by Gasteiger charge is -2.09. The molecule has 4 nitrogen and oxygen atoms in total. The number of esters is 1. The molecule has 0 aliphatic rings. The first kappa shape index (κ1) is 16.1. The van der Waals surface area contributed by atoms with Gasteiger partial charge in [0.2, 0.25) is 0 Å². The monoisotopic (exact) mass is 278 g/mol. The summed E-state index contributed by atoms with van der Waals surface area (Å²) in [7, 11) is 3.23.